The number of carboxylic acids is 1. The first-order chi connectivity index (χ1) is 21.8. The number of aliphatic hydroxyl groups is 2. The predicted molar refractivity (Wildman–Crippen MR) is 166 cm³/mol. The third-order valence-corrected chi connectivity index (χ3v) is 7.81. The van der Waals surface area contributed by atoms with Crippen LogP contribution in [0, 0.1) is 0 Å². The number of nitrogens with one attached hydrogen (secondary N) is 1. The van der Waals surface area contributed by atoms with Gasteiger partial charge in [-0.3, -0.25) is 9.36 Å². The molecule has 5 rings (SSSR count). The number of nitrogens with two attached hydrogens (primary N) is 2. The highest BCUT2D eigenvalue weighted by molar-refractivity contribution is 5.81. The van der Waals surface area contributed by atoms with Crippen LogP contribution in [-0.4, -0.2) is 103 Å². The van der Waals surface area contributed by atoms with Gasteiger partial charge < -0.3 is 46.5 Å². The molecule has 1 fully saturated rings. The Hall–Kier alpha value is -4.18. The number of aromatic nitrogens is 4. The fourth-order valence-corrected chi connectivity index (χ4v) is 5.33. The molecule has 240 valence electrons. The summed E-state index contributed by atoms with van der Waals surface area (Å²) in [5, 5.41) is 34.5. The molecular weight excluding hydrogens is 580 g/mol. The molecule has 45 heavy (non-hydrogen) atoms. The molecule has 0 bridgehead atoms. The van der Waals surface area contributed by atoms with Crippen LogP contribution in [0.2, 0.25) is 0 Å². The van der Waals surface area contributed by atoms with Crippen LogP contribution in [0.1, 0.15) is 24.6 Å². The Morgan fingerprint density at radius 1 is 1.04 bits per heavy atom. The number of carbonyl (C=O) groups is 1. The van der Waals surface area contributed by atoms with E-state index in [-0.39, 0.29) is 18.8 Å². The number of nitrogens with zero attached hydrogens (tertiary/aromatic N) is 5. The zero-order chi connectivity index (χ0) is 31.8. The van der Waals surface area contributed by atoms with Crippen LogP contribution in [0.25, 0.3) is 11.2 Å². The molecule has 0 radical (unpaired) electrons. The molecule has 14 heteroatoms. The number of aliphatic hydroxyl groups excluding tert-OH is 2. The zero-order valence-electron chi connectivity index (χ0n) is 24.9. The number of para-hydroxylation sites is 1. The van der Waals surface area contributed by atoms with E-state index in [9.17, 15) is 20.1 Å². The molecule has 0 amide bonds. The van der Waals surface area contributed by atoms with Gasteiger partial charge in [-0.05, 0) is 68.7 Å². The number of fused-ring (bicyclic) bond motifs is 1. The van der Waals surface area contributed by atoms with Crippen molar-refractivity contribution in [3.63, 3.8) is 0 Å². The summed E-state index contributed by atoms with van der Waals surface area (Å²) in [6, 6.07) is 16.6. The van der Waals surface area contributed by atoms with Crippen LogP contribution in [0.5, 0.6) is 11.5 Å². The number of aliphatic carboxylic acids is 1. The molecule has 1 saturated heterocycles. The van der Waals surface area contributed by atoms with Gasteiger partial charge in [0.25, 0.3) is 0 Å². The first kappa shape index (κ1) is 32.2. The highest BCUT2D eigenvalue weighted by Crippen LogP contribution is 2.32. The van der Waals surface area contributed by atoms with Gasteiger partial charge in [0.15, 0.2) is 17.7 Å². The van der Waals surface area contributed by atoms with Crippen LogP contribution >= 0.6 is 0 Å². The maximum Gasteiger partial charge on any atom is 0.320 e. The summed E-state index contributed by atoms with van der Waals surface area (Å²) in [5.74, 6) is 0.701. The number of benzene rings is 2. The lowest BCUT2D eigenvalue weighted by atomic mass is 10.1. The molecule has 2 aromatic heterocycles. The molecule has 5 atom stereocenters. The van der Waals surface area contributed by atoms with Crippen molar-refractivity contribution in [2.75, 3.05) is 38.5 Å². The van der Waals surface area contributed by atoms with Gasteiger partial charge in [-0.15, -0.1) is 0 Å². The van der Waals surface area contributed by atoms with E-state index in [1.54, 1.807) is 0 Å². The largest absolute Gasteiger partial charge is 0.480 e. The van der Waals surface area contributed by atoms with Crippen LogP contribution < -0.4 is 21.5 Å². The summed E-state index contributed by atoms with van der Waals surface area (Å²) < 4.78 is 13.6. The van der Waals surface area contributed by atoms with E-state index in [2.05, 4.69) is 26.3 Å². The lowest BCUT2D eigenvalue weighted by Gasteiger charge is -2.27. The van der Waals surface area contributed by atoms with Crippen molar-refractivity contribution < 1.29 is 29.6 Å². The molecule has 0 spiro atoms. The third-order valence-electron chi connectivity index (χ3n) is 7.81. The topological polar surface area (TPSA) is 207 Å². The molecular formula is C31H40N8O6. The first-order valence-electron chi connectivity index (χ1n) is 15.0. The highest BCUT2D eigenvalue weighted by atomic mass is 16.6. The van der Waals surface area contributed by atoms with E-state index >= 15 is 0 Å². The number of imidazole rings is 1. The molecule has 1 aliphatic rings. The number of anilines is 1. The Morgan fingerprint density at radius 2 is 1.84 bits per heavy atom. The Labute approximate surface area is 260 Å². The van der Waals surface area contributed by atoms with Gasteiger partial charge in [-0.1, -0.05) is 30.3 Å². The second-order valence-electron chi connectivity index (χ2n) is 11.1. The highest BCUT2D eigenvalue weighted by Gasteiger charge is 2.44. The Kier molecular flexibility index (Phi) is 10.9. The van der Waals surface area contributed by atoms with E-state index in [0.29, 0.717) is 24.3 Å². The number of rotatable bonds is 16. The normalized spacial score (nSPS) is 20.5. The number of hydrogen-bond donors (Lipinski definition) is 6. The van der Waals surface area contributed by atoms with E-state index in [1.807, 2.05) is 53.4 Å². The molecule has 2 aromatic carbocycles. The molecule has 1 unspecified atom stereocenters. The van der Waals surface area contributed by atoms with E-state index in [0.717, 1.165) is 43.0 Å². The maximum atomic E-state index is 11.3. The second-order valence-corrected chi connectivity index (χ2v) is 11.1. The van der Waals surface area contributed by atoms with Crippen molar-refractivity contribution in [1.82, 2.24) is 29.7 Å². The van der Waals surface area contributed by atoms with E-state index < -0.39 is 36.6 Å². The monoisotopic (exact) mass is 620 g/mol. The molecule has 3 heterocycles. The van der Waals surface area contributed by atoms with Crippen molar-refractivity contribution in [2.45, 2.75) is 49.8 Å². The van der Waals surface area contributed by atoms with Gasteiger partial charge in [0, 0.05) is 13.1 Å². The maximum absolute atomic E-state index is 11.3. The molecule has 0 aliphatic carbocycles. The Bertz CT molecular complexity index is 1540. The number of nitrogen functional groups attached to an aromatic ring is 1. The minimum Gasteiger partial charge on any atom is -0.480 e. The van der Waals surface area contributed by atoms with Crippen molar-refractivity contribution in [1.29, 1.82) is 0 Å². The molecule has 4 aromatic rings. The van der Waals surface area contributed by atoms with Crippen LogP contribution in [0.15, 0.2) is 67.3 Å². The van der Waals surface area contributed by atoms with Crippen LogP contribution in [0.3, 0.4) is 0 Å². The summed E-state index contributed by atoms with van der Waals surface area (Å²) in [7, 11) is 0. The van der Waals surface area contributed by atoms with Gasteiger partial charge in [-0.2, -0.15) is 0 Å². The van der Waals surface area contributed by atoms with Crippen molar-refractivity contribution in [3.05, 3.63) is 72.8 Å². The van der Waals surface area contributed by atoms with Gasteiger partial charge in [0.1, 0.15) is 47.7 Å². The molecule has 14 nitrogen and oxygen atoms in total. The quantitative estimate of drug-likeness (QED) is 0.0973. The molecule has 8 N–H and O–H groups in total. The Balaban J connectivity index is 1.12. The summed E-state index contributed by atoms with van der Waals surface area (Å²) in [6.45, 7) is 2.74. The summed E-state index contributed by atoms with van der Waals surface area (Å²) in [4.78, 5) is 25.7. The average molecular weight is 621 g/mol. The predicted octanol–water partition coefficient (Wildman–Crippen LogP) is 1.15. The van der Waals surface area contributed by atoms with Gasteiger partial charge >= 0.3 is 5.97 Å². The van der Waals surface area contributed by atoms with Crippen molar-refractivity contribution in [3.8, 4) is 11.5 Å². The number of ether oxygens (including phenoxy) is 2. The van der Waals surface area contributed by atoms with Crippen LogP contribution in [0.4, 0.5) is 5.82 Å². The Morgan fingerprint density at radius 3 is 2.64 bits per heavy atom. The number of carboxylic acid groups (broad SMARTS) is 1. The molecule has 1 aliphatic heterocycles. The summed E-state index contributed by atoms with van der Waals surface area (Å²) in [6.07, 6.45) is 0.422. The van der Waals surface area contributed by atoms with Gasteiger partial charge in [-0.25, -0.2) is 15.0 Å². The standard InChI is InChI=1S/C31H40N8O6/c32-23(31(42)43)11-15-38(14-5-12-34-13-10-20-6-4-9-22(16-20)44-21-7-2-1-3-8-21)17-24-26(40)27(41)30(45-24)39-19-37-25-28(33)35-18-36-29(25)39/h1-4,6-9,16,18-19,23-24,26-27,30,34,40-41H,5,10-15,17,32H2,(H,42,43)(H2,33,35,36)/t23?,24-,26-,27-,30-/m1/s1. The third kappa shape index (κ3) is 8.30. The SMILES string of the molecule is Nc1ncnc2c1ncn2[C@@H]1O[C@H](CN(CCCNCCc2cccc(Oc3ccccc3)c2)CCC(N)C(=O)O)[C@@H](O)[C@H]1O. The van der Waals surface area contributed by atoms with Crippen molar-refractivity contribution in [2.24, 2.45) is 5.73 Å². The van der Waals surface area contributed by atoms with E-state index in [4.69, 9.17) is 20.9 Å². The number of hydrogen-bond acceptors (Lipinski definition) is 12. The fraction of sp³-hybridized carbons (Fsp3) is 0.419. The molecule has 0 saturated carbocycles. The van der Waals surface area contributed by atoms with Crippen LogP contribution in [-0.2, 0) is 16.0 Å². The van der Waals surface area contributed by atoms with Gasteiger partial charge in [0.2, 0.25) is 0 Å². The van der Waals surface area contributed by atoms with E-state index in [1.165, 1.54) is 17.2 Å². The first-order valence-corrected chi connectivity index (χ1v) is 15.0. The smallest absolute Gasteiger partial charge is 0.320 e. The zero-order valence-corrected chi connectivity index (χ0v) is 24.9. The lowest BCUT2D eigenvalue weighted by Crippen LogP contribution is -2.43. The fourth-order valence-electron chi connectivity index (χ4n) is 5.33. The summed E-state index contributed by atoms with van der Waals surface area (Å²) in [5.41, 5.74) is 13.6. The average Bonchev–Trinajstić information content (AvgIpc) is 3.59. The van der Waals surface area contributed by atoms with Gasteiger partial charge in [0.05, 0.1) is 6.33 Å². The minimum absolute atomic E-state index is 0.198. The summed E-state index contributed by atoms with van der Waals surface area (Å²) >= 11 is 0. The second kappa shape index (κ2) is 15.2. The lowest BCUT2D eigenvalue weighted by molar-refractivity contribution is -0.138. The minimum atomic E-state index is -1.25. The van der Waals surface area contributed by atoms with Crippen molar-refractivity contribution >= 4 is 23.0 Å².